The van der Waals surface area contributed by atoms with Crippen LogP contribution in [0.15, 0.2) is 30.5 Å². The van der Waals surface area contributed by atoms with E-state index in [2.05, 4.69) is 38.9 Å². The van der Waals surface area contributed by atoms with Crippen LogP contribution in [0.1, 0.15) is 29.9 Å². The Hall–Kier alpha value is -1.36. The van der Waals surface area contributed by atoms with Crippen LogP contribution in [0.25, 0.3) is 0 Å². The van der Waals surface area contributed by atoms with Crippen molar-refractivity contribution in [3.63, 3.8) is 0 Å². The quantitative estimate of drug-likeness (QED) is 0.816. The largest absolute Gasteiger partial charge is 0.345 e. The van der Waals surface area contributed by atoms with Crippen LogP contribution in [0.2, 0.25) is 5.02 Å². The van der Waals surface area contributed by atoms with Gasteiger partial charge in [-0.2, -0.15) is 0 Å². The van der Waals surface area contributed by atoms with Gasteiger partial charge in [0.15, 0.2) is 0 Å². The molecule has 1 atom stereocenters. The van der Waals surface area contributed by atoms with E-state index in [4.69, 9.17) is 11.6 Å². The Labute approximate surface area is 156 Å². The molecular weight excluding hydrogens is 332 g/mol. The fourth-order valence-electron chi connectivity index (χ4n) is 3.79. The molecule has 0 amide bonds. The highest BCUT2D eigenvalue weighted by molar-refractivity contribution is 6.30. The Morgan fingerprint density at radius 2 is 2.12 bits per heavy atom. The summed E-state index contributed by atoms with van der Waals surface area (Å²) in [7, 11) is 2.21. The summed E-state index contributed by atoms with van der Waals surface area (Å²) in [6, 6.07) is 8.26. The van der Waals surface area contributed by atoms with Gasteiger partial charge in [0, 0.05) is 43.1 Å². The number of halogens is 1. The van der Waals surface area contributed by atoms with Gasteiger partial charge in [0.1, 0.15) is 5.82 Å². The number of hydrogen-bond donors (Lipinski definition) is 1. The third kappa shape index (κ3) is 5.84. The molecule has 4 nitrogen and oxygen atoms in total. The fraction of sp³-hybridized carbons (Fsp3) is 0.550. The number of aromatic amines is 1. The lowest BCUT2D eigenvalue weighted by Crippen LogP contribution is -2.40. The van der Waals surface area contributed by atoms with Crippen LogP contribution >= 0.6 is 11.6 Å². The highest BCUT2D eigenvalue weighted by Gasteiger charge is 2.21. The number of aromatic nitrogens is 2. The Morgan fingerprint density at radius 3 is 2.84 bits per heavy atom. The number of likely N-dealkylation sites (tertiary alicyclic amines) is 1. The lowest BCUT2D eigenvalue weighted by molar-refractivity contribution is 0.142. The molecule has 5 heteroatoms. The number of benzene rings is 1. The molecule has 1 aromatic carbocycles. The van der Waals surface area contributed by atoms with Gasteiger partial charge in [0.05, 0.1) is 0 Å². The van der Waals surface area contributed by atoms with Crippen molar-refractivity contribution in [3.05, 3.63) is 52.6 Å². The third-order valence-corrected chi connectivity index (χ3v) is 5.25. The molecule has 2 heterocycles. The van der Waals surface area contributed by atoms with Crippen molar-refractivity contribution in [3.8, 4) is 0 Å². The molecule has 3 rings (SSSR count). The second kappa shape index (κ2) is 8.84. The zero-order valence-corrected chi connectivity index (χ0v) is 16.1. The van der Waals surface area contributed by atoms with Crippen LogP contribution in [0.4, 0.5) is 0 Å². The molecule has 1 aliphatic rings. The molecule has 0 radical (unpaired) electrons. The summed E-state index contributed by atoms with van der Waals surface area (Å²) in [4.78, 5) is 12.7. The van der Waals surface area contributed by atoms with Crippen molar-refractivity contribution < 1.29 is 0 Å². The van der Waals surface area contributed by atoms with E-state index < -0.39 is 0 Å². The van der Waals surface area contributed by atoms with E-state index in [1.807, 2.05) is 25.3 Å². The van der Waals surface area contributed by atoms with Crippen molar-refractivity contribution in [2.75, 3.05) is 33.2 Å². The summed E-state index contributed by atoms with van der Waals surface area (Å²) in [5.41, 5.74) is 2.58. The third-order valence-electron chi connectivity index (χ3n) is 5.00. The number of piperidine rings is 1. The minimum Gasteiger partial charge on any atom is -0.345 e. The zero-order valence-electron chi connectivity index (χ0n) is 15.3. The maximum absolute atomic E-state index is 5.97. The lowest BCUT2D eigenvalue weighted by atomic mass is 9.97. The standard InChI is InChI=1S/C20H29ClN4/c1-16-22-12-20(23-16)15-24(2)13-18-4-3-10-25(14-18)11-9-17-5-7-19(21)8-6-17/h5-8,12,18H,3-4,9-11,13-15H2,1-2H3,(H,22,23). The van der Waals surface area contributed by atoms with Gasteiger partial charge in [-0.1, -0.05) is 23.7 Å². The molecule has 2 aromatic rings. The highest BCUT2D eigenvalue weighted by Crippen LogP contribution is 2.19. The Bertz CT molecular complexity index is 652. The van der Waals surface area contributed by atoms with Gasteiger partial charge in [-0.25, -0.2) is 4.98 Å². The number of nitrogens with one attached hydrogen (secondary N) is 1. The first-order valence-electron chi connectivity index (χ1n) is 9.24. The second-order valence-corrected chi connectivity index (χ2v) is 7.81. The summed E-state index contributed by atoms with van der Waals surface area (Å²) in [6.45, 7) is 7.68. The lowest BCUT2D eigenvalue weighted by Gasteiger charge is -2.34. The Kier molecular flexibility index (Phi) is 6.51. The number of rotatable bonds is 7. The van der Waals surface area contributed by atoms with Crippen LogP contribution in [-0.2, 0) is 13.0 Å². The van der Waals surface area contributed by atoms with Crippen LogP contribution < -0.4 is 0 Å². The molecule has 0 bridgehead atoms. The van der Waals surface area contributed by atoms with Gasteiger partial charge in [0.25, 0.3) is 0 Å². The SMILES string of the molecule is Cc1ncc(CN(C)CC2CCCN(CCc3ccc(Cl)cc3)C2)[nH]1. The topological polar surface area (TPSA) is 35.2 Å². The summed E-state index contributed by atoms with van der Waals surface area (Å²) in [6.07, 6.45) is 5.70. The van der Waals surface area contributed by atoms with Crippen LogP contribution in [0.3, 0.4) is 0 Å². The van der Waals surface area contributed by atoms with E-state index in [-0.39, 0.29) is 0 Å². The number of imidazole rings is 1. The fourth-order valence-corrected chi connectivity index (χ4v) is 3.92. The summed E-state index contributed by atoms with van der Waals surface area (Å²) in [5.74, 6) is 1.75. The first-order valence-corrected chi connectivity index (χ1v) is 9.62. The molecule has 25 heavy (non-hydrogen) atoms. The molecule has 1 unspecified atom stereocenters. The summed E-state index contributed by atoms with van der Waals surface area (Å²) < 4.78 is 0. The van der Waals surface area contributed by atoms with Gasteiger partial charge < -0.3 is 14.8 Å². The normalized spacial score (nSPS) is 18.8. The zero-order chi connectivity index (χ0) is 17.6. The number of H-pyrrole nitrogens is 1. The molecular formula is C20H29ClN4. The van der Waals surface area contributed by atoms with Crippen molar-refractivity contribution in [1.29, 1.82) is 0 Å². The smallest absolute Gasteiger partial charge is 0.103 e. The maximum atomic E-state index is 5.97. The van der Waals surface area contributed by atoms with E-state index in [0.717, 1.165) is 42.8 Å². The molecule has 136 valence electrons. The van der Waals surface area contributed by atoms with Gasteiger partial charge >= 0.3 is 0 Å². The molecule has 0 aliphatic carbocycles. The van der Waals surface area contributed by atoms with Crippen LogP contribution in [0, 0.1) is 12.8 Å². The molecule has 1 fully saturated rings. The van der Waals surface area contributed by atoms with Crippen LogP contribution in [-0.4, -0.2) is 53.0 Å². The predicted octanol–water partition coefficient (Wildman–Crippen LogP) is 3.76. The molecule has 1 N–H and O–H groups in total. The number of hydrogen-bond acceptors (Lipinski definition) is 3. The number of aryl methyl sites for hydroxylation is 1. The summed E-state index contributed by atoms with van der Waals surface area (Å²) in [5, 5.41) is 0.817. The van der Waals surface area contributed by atoms with E-state index >= 15 is 0 Å². The van der Waals surface area contributed by atoms with Gasteiger partial charge in [-0.05, 0) is 63.4 Å². The average molecular weight is 361 g/mol. The molecule has 1 aromatic heterocycles. The first kappa shape index (κ1) is 18.4. The molecule has 0 spiro atoms. The van der Waals surface area contributed by atoms with E-state index in [0.29, 0.717) is 0 Å². The Morgan fingerprint density at radius 1 is 1.32 bits per heavy atom. The predicted molar refractivity (Wildman–Crippen MR) is 104 cm³/mol. The minimum absolute atomic E-state index is 0.757. The van der Waals surface area contributed by atoms with Gasteiger partial charge in [-0.15, -0.1) is 0 Å². The molecule has 1 aliphatic heterocycles. The Balaban J connectivity index is 1.43. The van der Waals surface area contributed by atoms with E-state index in [1.165, 1.54) is 37.2 Å². The maximum Gasteiger partial charge on any atom is 0.103 e. The van der Waals surface area contributed by atoms with Crippen molar-refractivity contribution in [2.45, 2.75) is 32.7 Å². The minimum atomic E-state index is 0.757. The monoisotopic (exact) mass is 360 g/mol. The van der Waals surface area contributed by atoms with Crippen molar-refractivity contribution in [1.82, 2.24) is 19.8 Å². The van der Waals surface area contributed by atoms with Crippen molar-refractivity contribution >= 4 is 11.6 Å². The van der Waals surface area contributed by atoms with Crippen LogP contribution in [0.5, 0.6) is 0 Å². The highest BCUT2D eigenvalue weighted by atomic mass is 35.5. The van der Waals surface area contributed by atoms with E-state index in [1.54, 1.807) is 0 Å². The van der Waals surface area contributed by atoms with Gasteiger partial charge in [0.2, 0.25) is 0 Å². The van der Waals surface area contributed by atoms with Crippen molar-refractivity contribution in [2.24, 2.45) is 5.92 Å². The molecule has 1 saturated heterocycles. The van der Waals surface area contributed by atoms with E-state index in [9.17, 15) is 0 Å². The molecule has 0 saturated carbocycles. The first-order chi connectivity index (χ1) is 12.1. The second-order valence-electron chi connectivity index (χ2n) is 7.38. The average Bonchev–Trinajstić information content (AvgIpc) is 2.99. The number of nitrogens with zero attached hydrogens (tertiary/aromatic N) is 3. The van der Waals surface area contributed by atoms with Gasteiger partial charge in [-0.3, -0.25) is 0 Å². The summed E-state index contributed by atoms with van der Waals surface area (Å²) >= 11 is 5.97.